The largest absolute Gasteiger partial charge is 0.547 e. The van der Waals surface area contributed by atoms with Gasteiger partial charge in [-0.3, -0.25) is 24.0 Å². The molecule has 1 saturated heterocycles. The molecule has 1 fully saturated rings. The number of hydrogen-bond acceptors (Lipinski definition) is 9. The highest BCUT2D eigenvalue weighted by molar-refractivity contribution is 7.90. The van der Waals surface area contributed by atoms with Crippen LogP contribution in [0.2, 0.25) is 0 Å². The van der Waals surface area contributed by atoms with E-state index in [4.69, 9.17) is 9.79 Å². The number of hydrogen-bond donors (Lipinski definition) is 6. The highest BCUT2D eigenvalue weighted by Gasteiger charge is 2.43. The lowest BCUT2D eigenvalue weighted by molar-refractivity contribution is -0.170. The van der Waals surface area contributed by atoms with Gasteiger partial charge in [0.2, 0.25) is 5.91 Å². The van der Waals surface area contributed by atoms with Gasteiger partial charge in [0.05, 0.1) is 17.2 Å². The van der Waals surface area contributed by atoms with E-state index < -0.39 is 84.8 Å². The van der Waals surface area contributed by atoms with Crippen LogP contribution in [0.5, 0.6) is 5.75 Å². The van der Waals surface area contributed by atoms with Gasteiger partial charge in [0.25, 0.3) is 10.2 Å². The average Bonchev–Trinajstić information content (AvgIpc) is 2.92. The summed E-state index contributed by atoms with van der Waals surface area (Å²) in [6, 6.07) is 5.97. The van der Waals surface area contributed by atoms with Gasteiger partial charge >= 0.3 is 37.1 Å². The highest BCUT2D eigenvalue weighted by Crippen LogP contribution is 2.30. The molecule has 16 nitrogen and oxygen atoms in total. The molecule has 0 unspecified atom stereocenters. The van der Waals surface area contributed by atoms with Crippen LogP contribution in [0.4, 0.5) is 23.7 Å². The second-order valence-corrected chi connectivity index (χ2v) is 11.2. The maximum absolute atomic E-state index is 13.6. The molecule has 2 aliphatic heterocycles. The molecule has 0 saturated carbocycles. The molecule has 5 amide bonds. The van der Waals surface area contributed by atoms with Crippen LogP contribution in [0.1, 0.15) is 27.5 Å². The number of amides is 5. The minimum Gasteiger partial charge on any atom is -0.534 e. The predicted octanol–water partition coefficient (Wildman–Crippen LogP) is -0.876. The van der Waals surface area contributed by atoms with Crippen LogP contribution in [0.15, 0.2) is 42.5 Å². The van der Waals surface area contributed by atoms with Crippen molar-refractivity contribution in [3.05, 3.63) is 59.2 Å². The Hall–Kier alpha value is -4.89. The summed E-state index contributed by atoms with van der Waals surface area (Å²) < 4.78 is 68.8. The van der Waals surface area contributed by atoms with E-state index in [0.717, 1.165) is 6.07 Å². The number of urea groups is 1. The molecule has 0 bridgehead atoms. The summed E-state index contributed by atoms with van der Waals surface area (Å²) in [5, 5.41) is 29.6. The molecule has 0 spiro atoms. The molecule has 7 N–H and O–H groups in total. The number of nitrogens with two attached hydrogens (primary N) is 1. The number of carboxylic acids is 1. The molecule has 0 aliphatic carbocycles. The van der Waals surface area contributed by atoms with Gasteiger partial charge in [-0.2, -0.15) is 21.6 Å². The zero-order valence-corrected chi connectivity index (χ0v) is 23.6. The van der Waals surface area contributed by atoms with Crippen molar-refractivity contribution in [2.24, 2.45) is 5.14 Å². The topological polar surface area (TPSA) is 238 Å². The van der Waals surface area contributed by atoms with E-state index >= 15 is 0 Å². The number of carbonyl (C=O) groups excluding carboxylic acids is 4. The summed E-state index contributed by atoms with van der Waals surface area (Å²) in [5.74, 6) is -6.90. The maximum atomic E-state index is 13.6. The highest BCUT2D eigenvalue weighted by atomic mass is 32.2. The molecule has 45 heavy (non-hydrogen) atoms. The number of aromatic carboxylic acids is 1. The SMILES string of the molecule is NS(=O)(=O)Nc1cccc([C@@H](NC(=O)N2CCN(CC(F)(F)F)C(=O)C2=O)C(=O)N[C@H]2Cc3cccc(C(=O)O)c3OB2O)c1. The standard InChI is InChI=1S/C24H24BF3N6O10S/c26-24(27,28)11-33-7-8-34(21(37)20(33)36)23(40)31-17(12-3-1-5-14(9-12)32-45(29,42)43)19(35)30-16-10-13-4-2-6-15(22(38)39)18(13)44-25(16)41/h1-6,9,16-17,32,41H,7-8,10-11H2,(H,30,35)(H,31,40)(H,38,39)(H2,29,42,43)/t16-,17+/m0/s1. The quantitative estimate of drug-likeness (QED) is 0.152. The van der Waals surface area contributed by atoms with Gasteiger partial charge < -0.3 is 30.3 Å². The molecule has 2 aromatic carbocycles. The van der Waals surface area contributed by atoms with Crippen LogP contribution in [-0.4, -0.2) is 96.9 Å². The molecule has 4 rings (SSSR count). The van der Waals surface area contributed by atoms with E-state index in [1.165, 1.54) is 36.4 Å². The summed E-state index contributed by atoms with van der Waals surface area (Å²) in [4.78, 5) is 63.6. The number of nitrogens with zero attached hydrogens (tertiary/aromatic N) is 2. The van der Waals surface area contributed by atoms with E-state index in [1.807, 2.05) is 4.72 Å². The first-order chi connectivity index (χ1) is 20.9. The van der Waals surface area contributed by atoms with Crippen molar-refractivity contribution in [1.29, 1.82) is 0 Å². The Kier molecular flexibility index (Phi) is 9.26. The van der Waals surface area contributed by atoms with Gasteiger partial charge in [-0.15, -0.1) is 0 Å². The van der Waals surface area contributed by atoms with Gasteiger partial charge in [0, 0.05) is 13.1 Å². The van der Waals surface area contributed by atoms with E-state index in [-0.39, 0.29) is 33.9 Å². The fraction of sp³-hybridized carbons (Fsp3) is 0.292. The Bertz CT molecular complexity index is 1660. The number of benzene rings is 2. The first-order valence-corrected chi connectivity index (χ1v) is 14.4. The third-order valence-electron chi connectivity index (χ3n) is 6.61. The van der Waals surface area contributed by atoms with Crippen molar-refractivity contribution in [2.45, 2.75) is 24.6 Å². The van der Waals surface area contributed by atoms with Crippen molar-refractivity contribution in [1.82, 2.24) is 20.4 Å². The molecule has 240 valence electrons. The van der Waals surface area contributed by atoms with Crippen LogP contribution >= 0.6 is 0 Å². The summed E-state index contributed by atoms with van der Waals surface area (Å²) >= 11 is 0. The maximum Gasteiger partial charge on any atom is 0.547 e. The third kappa shape index (κ3) is 7.99. The lowest BCUT2D eigenvalue weighted by Gasteiger charge is -2.34. The Morgan fingerprint density at radius 2 is 1.80 bits per heavy atom. The summed E-state index contributed by atoms with van der Waals surface area (Å²) in [6.45, 7) is -3.01. The van der Waals surface area contributed by atoms with Crippen molar-refractivity contribution in [3.63, 3.8) is 0 Å². The molecule has 21 heteroatoms. The second kappa shape index (κ2) is 12.6. The zero-order valence-electron chi connectivity index (χ0n) is 22.8. The van der Waals surface area contributed by atoms with Gasteiger partial charge in [-0.1, -0.05) is 24.3 Å². The number of alkyl halides is 3. The number of carboxylic acid groups (broad SMARTS) is 1. The number of rotatable bonds is 8. The van der Waals surface area contributed by atoms with Gasteiger partial charge in [0.15, 0.2) is 0 Å². The lowest BCUT2D eigenvalue weighted by Crippen LogP contribution is -2.61. The Morgan fingerprint density at radius 1 is 1.11 bits per heavy atom. The Labute approximate surface area is 252 Å². The molecule has 0 radical (unpaired) electrons. The number of halogens is 3. The Balaban J connectivity index is 1.59. The monoisotopic (exact) mass is 656 g/mol. The number of piperazine rings is 1. The molecule has 2 atom stereocenters. The van der Waals surface area contributed by atoms with Crippen LogP contribution in [-0.2, 0) is 31.0 Å². The fourth-order valence-corrected chi connectivity index (χ4v) is 5.12. The smallest absolute Gasteiger partial charge is 0.534 e. The molecule has 2 heterocycles. The molecule has 2 aliphatic rings. The van der Waals surface area contributed by atoms with E-state index in [9.17, 15) is 55.7 Å². The lowest BCUT2D eigenvalue weighted by atomic mass is 9.72. The number of fused-ring (bicyclic) bond motifs is 1. The third-order valence-corrected chi connectivity index (χ3v) is 7.13. The summed E-state index contributed by atoms with van der Waals surface area (Å²) in [6.07, 6.45) is -4.94. The second-order valence-electron chi connectivity index (χ2n) is 9.88. The average molecular weight is 656 g/mol. The Morgan fingerprint density at radius 3 is 2.44 bits per heavy atom. The van der Waals surface area contributed by atoms with E-state index in [2.05, 4.69) is 10.6 Å². The summed E-state index contributed by atoms with van der Waals surface area (Å²) in [5.41, 5.74) is -0.171. The van der Waals surface area contributed by atoms with E-state index in [1.54, 1.807) is 0 Å². The molecular weight excluding hydrogens is 632 g/mol. The number of imide groups is 1. The predicted molar refractivity (Wildman–Crippen MR) is 146 cm³/mol. The van der Waals surface area contributed by atoms with Gasteiger partial charge in [0.1, 0.15) is 18.3 Å². The number of para-hydroxylation sites is 1. The van der Waals surface area contributed by atoms with Crippen molar-refractivity contribution in [3.8, 4) is 5.75 Å². The number of anilines is 1. The molecule has 2 aromatic rings. The van der Waals surface area contributed by atoms with Crippen molar-refractivity contribution in [2.75, 3.05) is 24.4 Å². The summed E-state index contributed by atoms with van der Waals surface area (Å²) in [7, 11) is -6.05. The number of carbonyl (C=O) groups is 5. The normalized spacial score (nSPS) is 17.6. The zero-order chi connectivity index (χ0) is 33.3. The molecule has 0 aromatic heterocycles. The first kappa shape index (κ1) is 33.0. The van der Waals surface area contributed by atoms with Crippen LogP contribution in [0, 0.1) is 0 Å². The first-order valence-electron chi connectivity index (χ1n) is 12.8. The van der Waals surface area contributed by atoms with E-state index in [0.29, 0.717) is 10.5 Å². The van der Waals surface area contributed by atoms with Crippen LogP contribution < -0.4 is 25.1 Å². The van der Waals surface area contributed by atoms with Crippen LogP contribution in [0.25, 0.3) is 0 Å². The van der Waals surface area contributed by atoms with Crippen LogP contribution in [0.3, 0.4) is 0 Å². The van der Waals surface area contributed by atoms with Crippen molar-refractivity contribution < 1.29 is 60.3 Å². The van der Waals surface area contributed by atoms with Gasteiger partial charge in [-0.05, 0) is 35.7 Å². The minimum atomic E-state index is -4.80. The van der Waals surface area contributed by atoms with Crippen molar-refractivity contribution >= 4 is 52.7 Å². The minimum absolute atomic E-state index is 0.0937. The molecular formula is C24H24BF3N6O10S. The van der Waals surface area contributed by atoms with Gasteiger partial charge in [-0.25, -0.2) is 14.7 Å². The fourth-order valence-electron chi connectivity index (χ4n) is 4.67. The number of nitrogens with one attached hydrogen (secondary N) is 3.